The summed E-state index contributed by atoms with van der Waals surface area (Å²) in [7, 11) is 2.08. The van der Waals surface area contributed by atoms with Gasteiger partial charge >= 0.3 is 11.9 Å². The van der Waals surface area contributed by atoms with Crippen LogP contribution in [-0.4, -0.2) is 41.7 Å². The zero-order chi connectivity index (χ0) is 31.2. The number of hydrogen-bond acceptors (Lipinski definition) is 4. The number of allylic oxidation sites excluding steroid dienone is 4. The maximum atomic E-state index is 11.6. The third-order valence-corrected chi connectivity index (χ3v) is 9.09. The maximum absolute atomic E-state index is 11.6. The van der Waals surface area contributed by atoms with Crippen molar-refractivity contribution in [3.63, 3.8) is 0 Å². The van der Waals surface area contributed by atoms with E-state index in [0.29, 0.717) is 18.5 Å². The van der Waals surface area contributed by atoms with Crippen molar-refractivity contribution in [2.24, 2.45) is 7.05 Å². The molecule has 0 fully saturated rings. The van der Waals surface area contributed by atoms with E-state index in [1.807, 2.05) is 19.9 Å². The van der Waals surface area contributed by atoms with E-state index in [9.17, 15) is 19.8 Å². The summed E-state index contributed by atoms with van der Waals surface area (Å²) >= 11 is 0. The van der Waals surface area contributed by atoms with Crippen molar-refractivity contribution >= 4 is 56.3 Å². The van der Waals surface area contributed by atoms with Gasteiger partial charge in [-0.1, -0.05) is 13.8 Å². The first-order valence-corrected chi connectivity index (χ1v) is 15.0. The lowest BCUT2D eigenvalue weighted by molar-refractivity contribution is -0.137. The molecule has 0 aromatic carbocycles. The molecule has 0 unspecified atom stereocenters. The minimum atomic E-state index is -0.861. The molecule has 0 saturated carbocycles. The highest BCUT2D eigenvalue weighted by molar-refractivity contribution is 5.95. The third-order valence-electron chi connectivity index (χ3n) is 9.09. The molecule has 3 N–H and O–H groups in total. The summed E-state index contributed by atoms with van der Waals surface area (Å²) < 4.78 is 2.21. The monoisotopic (exact) mass is 580 g/mol. The van der Waals surface area contributed by atoms with Crippen LogP contribution in [0.3, 0.4) is 0 Å². The van der Waals surface area contributed by atoms with Crippen LogP contribution in [0.1, 0.15) is 98.4 Å². The number of H-pyrrole nitrogens is 1. The largest absolute Gasteiger partial charge is 0.481 e. The molecule has 0 spiro atoms. The molecule has 8 heteroatoms. The number of aryl methyl sites for hydroxylation is 5. The van der Waals surface area contributed by atoms with Crippen molar-refractivity contribution in [3.8, 4) is 0 Å². The quantitative estimate of drug-likeness (QED) is 0.252. The van der Waals surface area contributed by atoms with Crippen LogP contribution in [-0.2, 0) is 29.5 Å². The van der Waals surface area contributed by atoms with Gasteiger partial charge in [-0.05, 0) is 122 Å². The fourth-order valence-corrected chi connectivity index (χ4v) is 6.57. The number of aromatic amines is 1. The molecule has 3 aromatic heterocycles. The molecule has 5 heterocycles. The topological polar surface area (TPSA) is 121 Å². The van der Waals surface area contributed by atoms with Crippen molar-refractivity contribution in [2.75, 3.05) is 0 Å². The zero-order valence-electron chi connectivity index (χ0n) is 26.1. The molecule has 3 aromatic rings. The maximum Gasteiger partial charge on any atom is 0.303 e. The van der Waals surface area contributed by atoms with Crippen molar-refractivity contribution < 1.29 is 19.8 Å². The Morgan fingerprint density at radius 1 is 0.698 bits per heavy atom. The summed E-state index contributed by atoms with van der Waals surface area (Å²) in [6.07, 6.45) is 2.41. The number of aromatic nitrogens is 4. The fraction of sp³-hybridized carbons (Fsp3) is 0.371. The summed E-state index contributed by atoms with van der Waals surface area (Å²) in [6, 6.07) is 8.32. The van der Waals surface area contributed by atoms with Gasteiger partial charge in [0.05, 0.1) is 22.8 Å². The number of carboxylic acid groups (broad SMARTS) is 2. The number of hydrogen-bond donors (Lipinski definition) is 3. The Kier molecular flexibility index (Phi) is 8.14. The van der Waals surface area contributed by atoms with E-state index in [1.54, 1.807) is 0 Å². The number of nitrogens with one attached hydrogen (secondary N) is 1. The Balaban J connectivity index is 1.96. The number of fused-ring (bicyclic) bond motifs is 8. The van der Waals surface area contributed by atoms with Crippen molar-refractivity contribution in [3.05, 3.63) is 69.3 Å². The molecule has 0 amide bonds. The SMILES string of the molecule is CCC1=C(C)c2cc3[nH]c(cc4nc(cc5c(CC)c(C)c(cc1n2)n5C)C(C)=C4CCC(=O)O)c(CCC(=O)O)c3C. The molecule has 0 atom stereocenters. The predicted octanol–water partition coefficient (Wildman–Crippen LogP) is 7.66. The van der Waals surface area contributed by atoms with E-state index in [1.165, 1.54) is 16.7 Å². The van der Waals surface area contributed by atoms with Gasteiger partial charge in [0.15, 0.2) is 0 Å². The summed E-state index contributed by atoms with van der Waals surface area (Å²) in [5.74, 6) is -1.72. The molecule has 224 valence electrons. The van der Waals surface area contributed by atoms with Crippen LogP contribution in [0.4, 0.5) is 0 Å². The van der Waals surface area contributed by atoms with Gasteiger partial charge in [-0.25, -0.2) is 9.97 Å². The Bertz CT molecular complexity index is 1900. The average Bonchev–Trinajstić information content (AvgIpc) is 3.59. The predicted molar refractivity (Wildman–Crippen MR) is 173 cm³/mol. The molecule has 0 saturated heterocycles. The van der Waals surface area contributed by atoms with E-state index in [4.69, 9.17) is 9.97 Å². The number of carbonyl (C=O) groups is 2. The van der Waals surface area contributed by atoms with Gasteiger partial charge in [-0.3, -0.25) is 9.59 Å². The first kappa shape index (κ1) is 30.0. The molecule has 2 aliphatic rings. The number of carboxylic acids is 2. The van der Waals surface area contributed by atoms with E-state index in [0.717, 1.165) is 79.8 Å². The van der Waals surface area contributed by atoms with Crippen LogP contribution in [0.15, 0.2) is 24.3 Å². The Labute approximate surface area is 251 Å². The van der Waals surface area contributed by atoms with Crippen LogP contribution < -0.4 is 0 Å². The van der Waals surface area contributed by atoms with Crippen LogP contribution >= 0.6 is 0 Å². The number of nitrogens with zero attached hydrogens (tertiary/aromatic N) is 3. The normalized spacial score (nSPS) is 13.3. The highest BCUT2D eigenvalue weighted by Gasteiger charge is 2.21. The summed E-state index contributed by atoms with van der Waals surface area (Å²) in [5, 5.41) is 19.0. The van der Waals surface area contributed by atoms with Gasteiger partial charge in [0.2, 0.25) is 0 Å². The van der Waals surface area contributed by atoms with Crippen molar-refractivity contribution in [1.82, 2.24) is 19.5 Å². The second-order valence-electron chi connectivity index (χ2n) is 11.5. The highest BCUT2D eigenvalue weighted by Crippen LogP contribution is 2.37. The van der Waals surface area contributed by atoms with Gasteiger partial charge in [-0.15, -0.1) is 0 Å². The molecule has 0 radical (unpaired) electrons. The Morgan fingerprint density at radius 2 is 1.26 bits per heavy atom. The Hall–Kier alpha value is -4.46. The van der Waals surface area contributed by atoms with Gasteiger partial charge in [-0.2, -0.15) is 0 Å². The summed E-state index contributed by atoms with van der Waals surface area (Å²) in [6.45, 7) is 12.6. The molecule has 8 bridgehead atoms. The first-order valence-electron chi connectivity index (χ1n) is 15.0. The number of aliphatic carboxylic acids is 2. The van der Waals surface area contributed by atoms with E-state index in [-0.39, 0.29) is 12.8 Å². The van der Waals surface area contributed by atoms with Crippen molar-refractivity contribution in [1.29, 1.82) is 0 Å². The molecular weight excluding hydrogens is 540 g/mol. The van der Waals surface area contributed by atoms with Crippen LogP contribution in [0.2, 0.25) is 0 Å². The van der Waals surface area contributed by atoms with Gasteiger partial charge in [0.1, 0.15) is 0 Å². The molecule has 5 rings (SSSR count). The van der Waals surface area contributed by atoms with Crippen LogP contribution in [0.5, 0.6) is 0 Å². The Morgan fingerprint density at radius 3 is 1.88 bits per heavy atom. The van der Waals surface area contributed by atoms with E-state index in [2.05, 4.69) is 62.5 Å². The summed E-state index contributed by atoms with van der Waals surface area (Å²) in [4.78, 5) is 36.9. The van der Waals surface area contributed by atoms with Crippen LogP contribution in [0, 0.1) is 13.8 Å². The van der Waals surface area contributed by atoms with Crippen LogP contribution in [0.25, 0.3) is 44.4 Å². The van der Waals surface area contributed by atoms with Gasteiger partial charge in [0, 0.05) is 42.0 Å². The minimum Gasteiger partial charge on any atom is -0.481 e. The zero-order valence-corrected chi connectivity index (χ0v) is 26.1. The number of rotatable bonds is 8. The standard InChI is InChI=1S/C35H40N4O4/c1-8-22-18(3)26-14-27-19(4)24(10-12-34(40)41)29(36-27)15-30-25(11-13-35(42)43)20(5)28(38-30)16-33-23(9-2)21(6)32(39(33)7)17-31(22)37-26/h14-17,36H,8-13H2,1-7H3,(H,40,41)(H,42,43). The molecule has 43 heavy (non-hydrogen) atoms. The average molecular weight is 581 g/mol. The van der Waals surface area contributed by atoms with Crippen molar-refractivity contribution in [2.45, 2.75) is 80.1 Å². The lowest BCUT2D eigenvalue weighted by atomic mass is 10.00. The molecule has 2 aliphatic heterocycles. The second-order valence-corrected chi connectivity index (χ2v) is 11.5. The lowest BCUT2D eigenvalue weighted by Gasteiger charge is -2.03. The van der Waals surface area contributed by atoms with Gasteiger partial charge in [0.25, 0.3) is 0 Å². The smallest absolute Gasteiger partial charge is 0.303 e. The highest BCUT2D eigenvalue weighted by atomic mass is 16.4. The molecular formula is C35H40N4O4. The molecule has 0 aliphatic carbocycles. The minimum absolute atomic E-state index is 0.00116. The molecule has 8 nitrogen and oxygen atoms in total. The second kappa shape index (κ2) is 11.7. The third kappa shape index (κ3) is 5.42. The fourth-order valence-electron chi connectivity index (χ4n) is 6.57. The first-order chi connectivity index (χ1) is 20.4. The van der Waals surface area contributed by atoms with Gasteiger partial charge < -0.3 is 19.8 Å². The van der Waals surface area contributed by atoms with E-state index < -0.39 is 11.9 Å². The van der Waals surface area contributed by atoms with E-state index >= 15 is 0 Å². The summed E-state index contributed by atoms with van der Waals surface area (Å²) in [5.41, 5.74) is 15.7. The lowest BCUT2D eigenvalue weighted by Crippen LogP contribution is -1.98.